The van der Waals surface area contributed by atoms with Gasteiger partial charge in [0.25, 0.3) is 0 Å². The fourth-order valence-corrected chi connectivity index (χ4v) is 1.61. The van der Waals surface area contributed by atoms with Crippen molar-refractivity contribution in [3.05, 3.63) is 53.6 Å². The van der Waals surface area contributed by atoms with Gasteiger partial charge in [-0.2, -0.15) is 13.2 Å². The average Bonchev–Trinajstić information content (AvgIpc) is 2.38. The highest BCUT2D eigenvalue weighted by atomic mass is 19.4. The number of rotatable bonds is 3. The van der Waals surface area contributed by atoms with E-state index in [4.69, 9.17) is 5.73 Å². The molecule has 0 aliphatic rings. The van der Waals surface area contributed by atoms with Gasteiger partial charge in [0.1, 0.15) is 11.5 Å². The number of nitrogens with one attached hydrogen (secondary N) is 1. The second-order valence-corrected chi connectivity index (χ2v) is 4.10. The Morgan fingerprint density at radius 2 is 1.90 bits per heavy atom. The highest BCUT2D eigenvalue weighted by Crippen LogP contribution is 2.31. The Labute approximate surface area is 112 Å². The van der Waals surface area contributed by atoms with Crippen molar-refractivity contribution in [3.63, 3.8) is 0 Å². The van der Waals surface area contributed by atoms with Gasteiger partial charge in [0.15, 0.2) is 0 Å². The molecule has 0 fully saturated rings. The van der Waals surface area contributed by atoms with E-state index in [0.29, 0.717) is 5.56 Å². The molecule has 3 N–H and O–H groups in total. The highest BCUT2D eigenvalue weighted by Gasteiger charge is 2.32. The summed E-state index contributed by atoms with van der Waals surface area (Å²) >= 11 is 0. The predicted molar refractivity (Wildman–Crippen MR) is 67.4 cm³/mol. The third-order valence-corrected chi connectivity index (χ3v) is 2.65. The molecule has 0 bridgehead atoms. The average molecular weight is 285 g/mol. The third-order valence-electron chi connectivity index (χ3n) is 2.65. The van der Waals surface area contributed by atoms with Crippen molar-refractivity contribution in [1.29, 1.82) is 0 Å². The molecule has 0 radical (unpaired) electrons. The molecular formula is C13H11F4N3. The van der Waals surface area contributed by atoms with E-state index in [-0.39, 0.29) is 17.9 Å². The van der Waals surface area contributed by atoms with Gasteiger partial charge in [-0.1, -0.05) is 18.2 Å². The molecule has 0 unspecified atom stereocenters. The van der Waals surface area contributed by atoms with Crippen LogP contribution in [0, 0.1) is 5.82 Å². The van der Waals surface area contributed by atoms with Crippen LogP contribution in [0.4, 0.5) is 28.9 Å². The number of hydrogen-bond acceptors (Lipinski definition) is 3. The third kappa shape index (κ3) is 3.17. The molecule has 2 aromatic rings. The number of nitrogen functional groups attached to an aromatic ring is 1. The lowest BCUT2D eigenvalue weighted by Gasteiger charge is -2.12. The van der Waals surface area contributed by atoms with Crippen molar-refractivity contribution in [3.8, 4) is 0 Å². The molecule has 0 aliphatic heterocycles. The Balaban J connectivity index is 2.19. The number of aromatic nitrogens is 1. The van der Waals surface area contributed by atoms with E-state index >= 15 is 0 Å². The van der Waals surface area contributed by atoms with Crippen LogP contribution in [0.2, 0.25) is 0 Å². The van der Waals surface area contributed by atoms with E-state index in [1.54, 1.807) is 6.07 Å². The van der Waals surface area contributed by atoms with Crippen molar-refractivity contribution in [2.75, 3.05) is 11.1 Å². The summed E-state index contributed by atoms with van der Waals surface area (Å²) < 4.78 is 51.0. The van der Waals surface area contributed by atoms with Gasteiger partial charge >= 0.3 is 6.18 Å². The van der Waals surface area contributed by atoms with E-state index in [1.807, 2.05) is 0 Å². The molecule has 0 amide bonds. The minimum atomic E-state index is -4.55. The Hall–Kier alpha value is -2.31. The van der Waals surface area contributed by atoms with Crippen LogP contribution in [-0.4, -0.2) is 4.98 Å². The fourth-order valence-electron chi connectivity index (χ4n) is 1.61. The molecule has 0 spiro atoms. The number of nitrogens with zero attached hydrogens (tertiary/aromatic N) is 1. The maximum Gasteiger partial charge on any atom is 0.433 e. The maximum absolute atomic E-state index is 13.4. The lowest BCUT2D eigenvalue weighted by molar-refractivity contribution is -0.141. The van der Waals surface area contributed by atoms with Crippen LogP contribution in [0.25, 0.3) is 0 Å². The summed E-state index contributed by atoms with van der Waals surface area (Å²) in [5.41, 5.74) is 4.96. The zero-order valence-electron chi connectivity index (χ0n) is 10.2. The molecule has 1 aromatic carbocycles. The summed E-state index contributed by atoms with van der Waals surface area (Å²) in [6.45, 7) is 0.0260. The normalized spacial score (nSPS) is 11.4. The van der Waals surface area contributed by atoms with Crippen LogP contribution in [0.5, 0.6) is 0 Å². The first kappa shape index (κ1) is 14.1. The molecule has 7 heteroatoms. The summed E-state index contributed by atoms with van der Waals surface area (Å²) in [7, 11) is 0. The van der Waals surface area contributed by atoms with E-state index in [2.05, 4.69) is 10.3 Å². The number of nitrogens with two attached hydrogens (primary N) is 1. The fraction of sp³-hybridized carbons (Fsp3) is 0.154. The summed E-state index contributed by atoms with van der Waals surface area (Å²) in [5.74, 6) is -0.441. The molecule has 20 heavy (non-hydrogen) atoms. The van der Waals surface area contributed by atoms with Gasteiger partial charge in [-0.25, -0.2) is 9.37 Å². The monoisotopic (exact) mass is 285 g/mol. The van der Waals surface area contributed by atoms with Gasteiger partial charge in [0.05, 0.1) is 17.6 Å². The van der Waals surface area contributed by atoms with E-state index in [0.717, 1.165) is 12.3 Å². The molecule has 2 rings (SSSR count). The number of anilines is 2. The molecule has 1 aromatic heterocycles. The number of pyridine rings is 1. The van der Waals surface area contributed by atoms with Crippen molar-refractivity contribution in [2.45, 2.75) is 12.7 Å². The standard InChI is InChI=1S/C13H11F4N3/c14-9-4-2-1-3-8(9)6-19-11-5-12(13(15,16)17)20-7-10(11)18/h1-5,7H,6,18H2,(H,19,20). The molecule has 3 nitrogen and oxygen atoms in total. The summed E-state index contributed by atoms with van der Waals surface area (Å²) in [6, 6.07) is 6.77. The minimum Gasteiger partial charge on any atom is -0.396 e. The van der Waals surface area contributed by atoms with Gasteiger partial charge in [-0.15, -0.1) is 0 Å². The minimum absolute atomic E-state index is 0.0260. The Morgan fingerprint density at radius 3 is 2.55 bits per heavy atom. The van der Waals surface area contributed by atoms with E-state index in [9.17, 15) is 17.6 Å². The van der Waals surface area contributed by atoms with Crippen LogP contribution in [0.15, 0.2) is 36.5 Å². The zero-order chi connectivity index (χ0) is 14.8. The van der Waals surface area contributed by atoms with Crippen molar-refractivity contribution < 1.29 is 17.6 Å². The molecule has 0 saturated carbocycles. The number of benzene rings is 1. The van der Waals surface area contributed by atoms with Gasteiger partial charge in [0, 0.05) is 12.1 Å². The smallest absolute Gasteiger partial charge is 0.396 e. The molecule has 1 heterocycles. The van der Waals surface area contributed by atoms with Crippen molar-refractivity contribution >= 4 is 11.4 Å². The second kappa shape index (κ2) is 5.36. The molecule has 0 atom stereocenters. The zero-order valence-corrected chi connectivity index (χ0v) is 10.2. The Morgan fingerprint density at radius 1 is 1.20 bits per heavy atom. The Kier molecular flexibility index (Phi) is 3.78. The molecule has 0 saturated heterocycles. The largest absolute Gasteiger partial charge is 0.433 e. The highest BCUT2D eigenvalue weighted by molar-refractivity contribution is 5.65. The lowest BCUT2D eigenvalue weighted by atomic mass is 10.2. The van der Waals surface area contributed by atoms with Crippen molar-refractivity contribution in [2.24, 2.45) is 0 Å². The van der Waals surface area contributed by atoms with Crippen molar-refractivity contribution in [1.82, 2.24) is 4.98 Å². The number of hydrogen-bond donors (Lipinski definition) is 2. The second-order valence-electron chi connectivity index (χ2n) is 4.10. The SMILES string of the molecule is Nc1cnc(C(F)(F)F)cc1NCc1ccccc1F. The first-order valence-electron chi connectivity index (χ1n) is 5.68. The summed E-state index contributed by atoms with van der Waals surface area (Å²) in [6.07, 6.45) is -3.63. The molecule has 106 valence electrons. The predicted octanol–water partition coefficient (Wildman–Crippen LogP) is 3.43. The van der Waals surface area contributed by atoms with Crippen LogP contribution < -0.4 is 11.1 Å². The first-order chi connectivity index (χ1) is 9.38. The van der Waals surface area contributed by atoms with Gasteiger partial charge < -0.3 is 11.1 Å². The Bertz CT molecular complexity index is 611. The van der Waals surface area contributed by atoms with Crippen LogP contribution >= 0.6 is 0 Å². The molecule has 0 aliphatic carbocycles. The van der Waals surface area contributed by atoms with Gasteiger partial charge in [-0.05, 0) is 12.1 Å². The summed E-state index contributed by atoms with van der Waals surface area (Å²) in [4.78, 5) is 3.22. The summed E-state index contributed by atoms with van der Waals surface area (Å²) in [5, 5.41) is 2.68. The molecular weight excluding hydrogens is 274 g/mol. The first-order valence-corrected chi connectivity index (χ1v) is 5.68. The van der Waals surface area contributed by atoms with Crippen LogP contribution in [-0.2, 0) is 12.7 Å². The van der Waals surface area contributed by atoms with E-state index in [1.165, 1.54) is 18.2 Å². The number of alkyl halides is 3. The van der Waals surface area contributed by atoms with Gasteiger partial charge in [-0.3, -0.25) is 0 Å². The number of halogens is 4. The van der Waals surface area contributed by atoms with Crippen LogP contribution in [0.1, 0.15) is 11.3 Å². The maximum atomic E-state index is 13.4. The lowest BCUT2D eigenvalue weighted by Crippen LogP contribution is -2.11. The van der Waals surface area contributed by atoms with Crippen LogP contribution in [0.3, 0.4) is 0 Å². The van der Waals surface area contributed by atoms with Gasteiger partial charge in [0.2, 0.25) is 0 Å². The topological polar surface area (TPSA) is 50.9 Å². The quantitative estimate of drug-likeness (QED) is 0.849. The van der Waals surface area contributed by atoms with E-state index < -0.39 is 17.7 Å².